The van der Waals surface area contributed by atoms with Gasteiger partial charge in [0.2, 0.25) is 10.0 Å². The number of hydrogen-bond donors (Lipinski definition) is 0. The maximum Gasteiger partial charge on any atom is 0.251 e. The van der Waals surface area contributed by atoms with Crippen molar-refractivity contribution in [2.75, 3.05) is 13.1 Å². The topological polar surface area (TPSA) is 71.7 Å². The molecule has 0 aliphatic carbocycles. The highest BCUT2D eigenvalue weighted by atomic mass is 79.9. The molecule has 0 atom stereocenters. The predicted octanol–water partition coefficient (Wildman–Crippen LogP) is 3.77. The summed E-state index contributed by atoms with van der Waals surface area (Å²) in [5, 5.41) is 0. The Balaban J connectivity index is 1.53. The van der Waals surface area contributed by atoms with Crippen molar-refractivity contribution in [1.82, 2.24) is 8.87 Å². The smallest absolute Gasteiger partial charge is 0.251 e. The third-order valence-electron chi connectivity index (χ3n) is 5.35. The molecular formula is C22H19BrFN3O3S2. The molecule has 1 amide bonds. The zero-order valence-corrected chi connectivity index (χ0v) is 20.1. The Morgan fingerprint density at radius 3 is 2.56 bits per heavy atom. The van der Waals surface area contributed by atoms with Crippen LogP contribution >= 0.6 is 27.3 Å². The van der Waals surface area contributed by atoms with E-state index in [4.69, 9.17) is 6.42 Å². The molecule has 166 valence electrons. The van der Waals surface area contributed by atoms with E-state index in [2.05, 4.69) is 26.8 Å². The molecule has 0 N–H and O–H groups in total. The van der Waals surface area contributed by atoms with E-state index >= 15 is 0 Å². The Labute approximate surface area is 197 Å². The van der Waals surface area contributed by atoms with Crippen molar-refractivity contribution >= 4 is 53.4 Å². The number of carbonyl (C=O) groups excluding carboxylic acids is 1. The van der Waals surface area contributed by atoms with Gasteiger partial charge >= 0.3 is 0 Å². The lowest BCUT2D eigenvalue weighted by Gasteiger charge is -2.29. The predicted molar refractivity (Wildman–Crippen MR) is 125 cm³/mol. The summed E-state index contributed by atoms with van der Waals surface area (Å²) in [5.74, 6) is 1.46. The number of amides is 1. The molecule has 1 aliphatic heterocycles. The molecule has 10 heteroatoms. The molecule has 2 heterocycles. The highest BCUT2D eigenvalue weighted by Crippen LogP contribution is 2.26. The molecule has 1 aliphatic rings. The maximum atomic E-state index is 13.1. The molecule has 0 bridgehead atoms. The molecule has 6 nitrogen and oxygen atoms in total. The zero-order chi connectivity index (χ0) is 22.9. The number of sulfonamides is 1. The number of aromatic nitrogens is 1. The van der Waals surface area contributed by atoms with Crippen molar-refractivity contribution < 1.29 is 17.6 Å². The molecule has 1 saturated heterocycles. The third kappa shape index (κ3) is 4.57. The summed E-state index contributed by atoms with van der Waals surface area (Å²) in [7, 11) is -3.73. The van der Waals surface area contributed by atoms with Gasteiger partial charge in [-0.3, -0.25) is 4.79 Å². The third-order valence-corrected chi connectivity index (χ3v) is 8.80. The number of terminal acetylenes is 1. The Morgan fingerprint density at radius 1 is 1.22 bits per heavy atom. The van der Waals surface area contributed by atoms with Crippen LogP contribution in [-0.4, -0.2) is 36.3 Å². The van der Waals surface area contributed by atoms with Crippen LogP contribution in [0.2, 0.25) is 0 Å². The van der Waals surface area contributed by atoms with Crippen molar-refractivity contribution in [1.29, 1.82) is 0 Å². The van der Waals surface area contributed by atoms with Crippen molar-refractivity contribution in [3.05, 3.63) is 57.6 Å². The van der Waals surface area contributed by atoms with Gasteiger partial charge in [0.25, 0.3) is 5.91 Å². The molecule has 1 fully saturated rings. The number of nitrogens with zero attached hydrogens (tertiary/aromatic N) is 3. The molecule has 1 aromatic heterocycles. The minimum absolute atomic E-state index is 0.0418. The molecule has 2 aromatic carbocycles. The summed E-state index contributed by atoms with van der Waals surface area (Å²) >= 11 is 4.83. The van der Waals surface area contributed by atoms with Gasteiger partial charge in [-0.05, 0) is 55.3 Å². The monoisotopic (exact) mass is 535 g/mol. The number of carbonyl (C=O) groups is 1. The maximum absolute atomic E-state index is 13.1. The zero-order valence-electron chi connectivity index (χ0n) is 16.9. The van der Waals surface area contributed by atoms with Gasteiger partial charge in [0.1, 0.15) is 5.82 Å². The number of halogens is 2. The standard InChI is InChI=1S/C22H19BrFN3O3S2/c1-2-11-27-19-8-3-16(23)14-20(19)31-22(27)25-21(28)15-9-12-26(13-10-15)32(29,30)18-6-4-17(24)5-7-18/h1,3-8,14-15H,9-13H2. The molecule has 32 heavy (non-hydrogen) atoms. The minimum Gasteiger partial charge on any atom is -0.305 e. The van der Waals surface area contributed by atoms with Gasteiger partial charge in [-0.25, -0.2) is 12.8 Å². The summed E-state index contributed by atoms with van der Waals surface area (Å²) in [6, 6.07) is 10.5. The van der Waals surface area contributed by atoms with Crippen LogP contribution in [0, 0.1) is 24.1 Å². The summed E-state index contributed by atoms with van der Waals surface area (Å²) in [6.07, 6.45) is 6.25. The van der Waals surface area contributed by atoms with Crippen LogP contribution in [0.5, 0.6) is 0 Å². The van der Waals surface area contributed by atoms with Crippen LogP contribution < -0.4 is 4.80 Å². The van der Waals surface area contributed by atoms with E-state index in [0.29, 0.717) is 24.2 Å². The van der Waals surface area contributed by atoms with Gasteiger partial charge in [-0.2, -0.15) is 9.30 Å². The fourth-order valence-electron chi connectivity index (χ4n) is 3.66. The number of fused-ring (bicyclic) bond motifs is 1. The lowest BCUT2D eigenvalue weighted by molar-refractivity contribution is -0.122. The van der Waals surface area contributed by atoms with Crippen LogP contribution in [0.25, 0.3) is 10.2 Å². The Bertz CT molecular complexity index is 1380. The Kier molecular flexibility index (Phi) is 6.62. The Hall–Kier alpha value is -2.32. The van der Waals surface area contributed by atoms with Crippen LogP contribution in [-0.2, 0) is 21.4 Å². The van der Waals surface area contributed by atoms with Crippen LogP contribution in [0.15, 0.2) is 56.8 Å². The van der Waals surface area contributed by atoms with Gasteiger partial charge < -0.3 is 4.57 Å². The van der Waals surface area contributed by atoms with Crippen LogP contribution in [0.3, 0.4) is 0 Å². The van der Waals surface area contributed by atoms with Gasteiger partial charge in [0, 0.05) is 23.5 Å². The highest BCUT2D eigenvalue weighted by molar-refractivity contribution is 9.10. The number of rotatable bonds is 4. The number of hydrogen-bond acceptors (Lipinski definition) is 4. The fourth-order valence-corrected chi connectivity index (χ4v) is 6.72. The second-order valence-corrected chi connectivity index (χ2v) is 11.2. The number of benzene rings is 2. The van der Waals surface area contributed by atoms with Gasteiger partial charge in [0.05, 0.1) is 21.7 Å². The van der Waals surface area contributed by atoms with Crippen molar-refractivity contribution in [3.63, 3.8) is 0 Å². The van der Waals surface area contributed by atoms with E-state index in [1.165, 1.54) is 27.8 Å². The average Bonchev–Trinajstić information content (AvgIpc) is 3.10. The minimum atomic E-state index is -3.73. The molecule has 0 radical (unpaired) electrons. The summed E-state index contributed by atoms with van der Waals surface area (Å²) in [4.78, 5) is 17.8. The molecule has 3 aromatic rings. The molecule has 0 spiro atoms. The number of thiazole rings is 1. The van der Waals surface area contributed by atoms with E-state index in [9.17, 15) is 17.6 Å². The summed E-state index contributed by atoms with van der Waals surface area (Å²) < 4.78 is 43.7. The van der Waals surface area contributed by atoms with E-state index in [1.807, 2.05) is 22.8 Å². The van der Waals surface area contributed by atoms with Crippen LogP contribution in [0.4, 0.5) is 4.39 Å². The van der Waals surface area contributed by atoms with E-state index in [0.717, 1.165) is 26.8 Å². The molecule has 4 rings (SSSR count). The van der Waals surface area contributed by atoms with Gasteiger partial charge in [-0.1, -0.05) is 33.2 Å². The second-order valence-electron chi connectivity index (χ2n) is 7.37. The summed E-state index contributed by atoms with van der Waals surface area (Å²) in [5.41, 5.74) is 0.905. The first-order valence-electron chi connectivity index (χ1n) is 9.86. The molecule has 0 saturated carbocycles. The SMILES string of the molecule is C#CCn1c(=NC(=O)C2CCN(S(=O)(=O)c3ccc(F)cc3)CC2)sc2cc(Br)ccc21. The van der Waals surface area contributed by atoms with E-state index in [1.54, 1.807) is 0 Å². The summed E-state index contributed by atoms with van der Waals surface area (Å²) in [6.45, 7) is 0.701. The first-order chi connectivity index (χ1) is 15.3. The van der Waals surface area contributed by atoms with E-state index < -0.39 is 15.8 Å². The lowest BCUT2D eigenvalue weighted by atomic mass is 9.98. The van der Waals surface area contributed by atoms with E-state index in [-0.39, 0.29) is 29.8 Å². The van der Waals surface area contributed by atoms with Crippen molar-refractivity contribution in [2.45, 2.75) is 24.3 Å². The Morgan fingerprint density at radius 2 is 1.91 bits per heavy atom. The number of piperidine rings is 1. The molecular weight excluding hydrogens is 517 g/mol. The second kappa shape index (κ2) is 9.27. The van der Waals surface area contributed by atoms with Gasteiger partial charge in [0.15, 0.2) is 4.80 Å². The highest BCUT2D eigenvalue weighted by Gasteiger charge is 2.32. The van der Waals surface area contributed by atoms with Gasteiger partial charge in [-0.15, -0.1) is 6.42 Å². The lowest BCUT2D eigenvalue weighted by Crippen LogP contribution is -2.40. The van der Waals surface area contributed by atoms with Crippen molar-refractivity contribution in [3.8, 4) is 12.3 Å². The quantitative estimate of drug-likeness (QED) is 0.477. The first kappa shape index (κ1) is 22.9. The van der Waals surface area contributed by atoms with Crippen LogP contribution in [0.1, 0.15) is 12.8 Å². The average molecular weight is 536 g/mol. The fraction of sp³-hybridized carbons (Fsp3) is 0.273. The first-order valence-corrected chi connectivity index (χ1v) is 12.9. The van der Waals surface area contributed by atoms with Crippen molar-refractivity contribution in [2.24, 2.45) is 10.9 Å². The largest absolute Gasteiger partial charge is 0.305 e. The molecule has 0 unspecified atom stereocenters. The normalized spacial score (nSPS) is 16.3.